The molecule has 0 aliphatic carbocycles. The average molecular weight is 523 g/mol. The van der Waals surface area contributed by atoms with Gasteiger partial charge in [-0.3, -0.25) is 9.59 Å². The number of ether oxygens (including phenoxy) is 1. The Morgan fingerprint density at radius 3 is 2.27 bits per heavy atom. The lowest BCUT2D eigenvalue weighted by molar-refractivity contribution is -0.139. The molecule has 0 aliphatic heterocycles. The van der Waals surface area contributed by atoms with E-state index in [9.17, 15) is 14.0 Å². The van der Waals surface area contributed by atoms with Crippen molar-refractivity contribution in [2.75, 3.05) is 19.4 Å². The molecular weight excluding hydrogens is 487 g/mol. The molecule has 0 bridgehead atoms. The standard InChI is InChI=1S/C30H35FN2O3S/c1-3-4-18-32-30(35)28(19-23-8-6-5-7-9-23)33(20-24-10-14-26(31)15-11-24)29(34)22-37-21-25-12-16-27(36-2)17-13-25/h5-17,28H,3-4,18-22H2,1-2H3,(H,32,35). The van der Waals surface area contributed by atoms with Crippen molar-refractivity contribution in [3.05, 3.63) is 101 Å². The number of thioether (sulfide) groups is 1. The minimum atomic E-state index is -0.682. The highest BCUT2D eigenvalue weighted by molar-refractivity contribution is 7.99. The van der Waals surface area contributed by atoms with Crippen molar-refractivity contribution in [2.45, 2.75) is 44.5 Å². The maximum absolute atomic E-state index is 13.6. The minimum absolute atomic E-state index is 0.130. The smallest absolute Gasteiger partial charge is 0.243 e. The zero-order chi connectivity index (χ0) is 26.5. The fourth-order valence-corrected chi connectivity index (χ4v) is 4.78. The molecule has 3 rings (SSSR count). The first-order valence-corrected chi connectivity index (χ1v) is 13.7. The second kappa shape index (κ2) is 15.1. The van der Waals surface area contributed by atoms with Crippen LogP contribution in [-0.2, 0) is 28.3 Å². The molecule has 0 aliphatic rings. The van der Waals surface area contributed by atoms with E-state index in [2.05, 4.69) is 12.2 Å². The van der Waals surface area contributed by atoms with Crippen LogP contribution in [0.1, 0.15) is 36.5 Å². The van der Waals surface area contributed by atoms with E-state index < -0.39 is 6.04 Å². The van der Waals surface area contributed by atoms with Crippen LogP contribution in [0.4, 0.5) is 4.39 Å². The highest BCUT2D eigenvalue weighted by atomic mass is 32.2. The number of halogens is 1. The van der Waals surface area contributed by atoms with Crippen molar-refractivity contribution < 1.29 is 18.7 Å². The van der Waals surface area contributed by atoms with E-state index in [0.717, 1.165) is 35.3 Å². The van der Waals surface area contributed by atoms with Crippen LogP contribution >= 0.6 is 11.8 Å². The van der Waals surface area contributed by atoms with Crippen LogP contribution in [0, 0.1) is 5.82 Å². The Morgan fingerprint density at radius 1 is 0.946 bits per heavy atom. The Morgan fingerprint density at radius 2 is 1.62 bits per heavy atom. The molecule has 0 heterocycles. The number of nitrogens with one attached hydrogen (secondary N) is 1. The Balaban J connectivity index is 1.80. The number of hydrogen-bond acceptors (Lipinski definition) is 4. The summed E-state index contributed by atoms with van der Waals surface area (Å²) in [5.41, 5.74) is 2.83. The number of unbranched alkanes of at least 4 members (excludes halogenated alkanes) is 1. The molecule has 7 heteroatoms. The summed E-state index contributed by atoms with van der Waals surface area (Å²) in [7, 11) is 1.63. The van der Waals surface area contributed by atoms with Gasteiger partial charge in [0.05, 0.1) is 12.9 Å². The van der Waals surface area contributed by atoms with Gasteiger partial charge < -0.3 is 15.0 Å². The SMILES string of the molecule is CCCCNC(=O)C(Cc1ccccc1)N(Cc1ccc(F)cc1)C(=O)CSCc1ccc(OC)cc1. The van der Waals surface area contributed by atoms with Crippen LogP contribution in [0.25, 0.3) is 0 Å². The lowest BCUT2D eigenvalue weighted by Crippen LogP contribution is -2.51. The van der Waals surface area contributed by atoms with Gasteiger partial charge in [0, 0.05) is 25.3 Å². The molecule has 0 aromatic heterocycles. The van der Waals surface area contributed by atoms with E-state index in [4.69, 9.17) is 4.74 Å². The zero-order valence-corrected chi connectivity index (χ0v) is 22.3. The molecule has 0 spiro atoms. The van der Waals surface area contributed by atoms with Crippen molar-refractivity contribution in [1.29, 1.82) is 0 Å². The van der Waals surface area contributed by atoms with Gasteiger partial charge in [0.1, 0.15) is 17.6 Å². The molecular formula is C30H35FN2O3S. The number of amides is 2. The van der Waals surface area contributed by atoms with Crippen LogP contribution in [-0.4, -0.2) is 42.2 Å². The highest BCUT2D eigenvalue weighted by Gasteiger charge is 2.30. The fourth-order valence-electron chi connectivity index (χ4n) is 3.91. The maximum Gasteiger partial charge on any atom is 0.243 e. The lowest BCUT2D eigenvalue weighted by atomic mass is 10.0. The first kappa shape index (κ1) is 28.3. The minimum Gasteiger partial charge on any atom is -0.497 e. The molecule has 0 saturated carbocycles. The van der Waals surface area contributed by atoms with Crippen LogP contribution in [0.3, 0.4) is 0 Å². The van der Waals surface area contributed by atoms with E-state index >= 15 is 0 Å². The maximum atomic E-state index is 13.6. The summed E-state index contributed by atoms with van der Waals surface area (Å²) in [6.07, 6.45) is 2.23. The third-order valence-electron chi connectivity index (χ3n) is 6.02. The number of carbonyl (C=O) groups excluding carboxylic acids is 2. The molecule has 0 radical (unpaired) electrons. The summed E-state index contributed by atoms with van der Waals surface area (Å²) < 4.78 is 18.8. The topological polar surface area (TPSA) is 58.6 Å². The molecule has 0 saturated heterocycles. The third kappa shape index (κ3) is 9.25. The van der Waals surface area contributed by atoms with E-state index in [1.165, 1.54) is 23.9 Å². The van der Waals surface area contributed by atoms with Gasteiger partial charge in [-0.15, -0.1) is 11.8 Å². The van der Waals surface area contributed by atoms with Crippen molar-refractivity contribution in [2.24, 2.45) is 0 Å². The van der Waals surface area contributed by atoms with Gasteiger partial charge in [0.25, 0.3) is 0 Å². The molecule has 37 heavy (non-hydrogen) atoms. The number of rotatable bonds is 14. The Hall–Kier alpha value is -3.32. The van der Waals surface area contributed by atoms with E-state index in [-0.39, 0.29) is 29.9 Å². The van der Waals surface area contributed by atoms with Gasteiger partial charge in [-0.25, -0.2) is 4.39 Å². The van der Waals surface area contributed by atoms with E-state index in [0.29, 0.717) is 18.7 Å². The summed E-state index contributed by atoms with van der Waals surface area (Å²) in [5, 5.41) is 3.02. The quantitative estimate of drug-likeness (QED) is 0.279. The van der Waals surface area contributed by atoms with Crippen LogP contribution in [0.15, 0.2) is 78.9 Å². The third-order valence-corrected chi connectivity index (χ3v) is 7.01. The molecule has 0 fully saturated rings. The second-order valence-electron chi connectivity index (χ2n) is 8.84. The first-order valence-electron chi connectivity index (χ1n) is 12.6. The first-order chi connectivity index (χ1) is 18.0. The van der Waals surface area contributed by atoms with Crippen LogP contribution in [0.5, 0.6) is 5.75 Å². The summed E-state index contributed by atoms with van der Waals surface area (Å²) in [6, 6.07) is 22.9. The number of methoxy groups -OCH3 is 1. The molecule has 2 amide bonds. The van der Waals surface area contributed by atoms with Crippen molar-refractivity contribution in [3.8, 4) is 5.75 Å². The predicted molar refractivity (Wildman–Crippen MR) is 148 cm³/mol. The van der Waals surface area contributed by atoms with Crippen molar-refractivity contribution in [3.63, 3.8) is 0 Å². The second-order valence-corrected chi connectivity index (χ2v) is 9.82. The summed E-state index contributed by atoms with van der Waals surface area (Å²) in [6.45, 7) is 2.85. The van der Waals surface area contributed by atoms with E-state index in [1.54, 1.807) is 24.1 Å². The number of hydrogen-bond donors (Lipinski definition) is 1. The fraction of sp³-hybridized carbons (Fsp3) is 0.333. The van der Waals surface area contributed by atoms with Gasteiger partial charge in [0.15, 0.2) is 0 Å². The van der Waals surface area contributed by atoms with Crippen molar-refractivity contribution in [1.82, 2.24) is 10.2 Å². The molecule has 1 unspecified atom stereocenters. The van der Waals surface area contributed by atoms with E-state index in [1.807, 2.05) is 54.6 Å². The van der Waals surface area contributed by atoms with Crippen LogP contribution in [0.2, 0.25) is 0 Å². The molecule has 3 aromatic carbocycles. The van der Waals surface area contributed by atoms with Crippen LogP contribution < -0.4 is 10.1 Å². The molecule has 3 aromatic rings. The Kier molecular flexibility index (Phi) is 11.5. The van der Waals surface area contributed by atoms with Gasteiger partial charge >= 0.3 is 0 Å². The largest absolute Gasteiger partial charge is 0.497 e. The number of nitrogens with zero attached hydrogens (tertiary/aromatic N) is 1. The summed E-state index contributed by atoms with van der Waals surface area (Å²) in [5.74, 6) is 1.03. The highest BCUT2D eigenvalue weighted by Crippen LogP contribution is 2.20. The average Bonchev–Trinajstić information content (AvgIpc) is 2.92. The normalized spacial score (nSPS) is 11.5. The Bertz CT molecular complexity index is 1110. The predicted octanol–water partition coefficient (Wildman–Crippen LogP) is 5.62. The molecule has 196 valence electrons. The lowest BCUT2D eigenvalue weighted by Gasteiger charge is -2.31. The number of benzene rings is 3. The van der Waals surface area contributed by atoms with Gasteiger partial charge in [-0.05, 0) is 47.4 Å². The monoisotopic (exact) mass is 522 g/mol. The zero-order valence-electron chi connectivity index (χ0n) is 21.5. The molecule has 1 atom stereocenters. The molecule has 5 nitrogen and oxygen atoms in total. The molecule has 1 N–H and O–H groups in total. The van der Waals surface area contributed by atoms with Gasteiger partial charge in [-0.1, -0.05) is 67.9 Å². The van der Waals surface area contributed by atoms with Crippen molar-refractivity contribution >= 4 is 23.6 Å². The van der Waals surface area contributed by atoms with Gasteiger partial charge in [0.2, 0.25) is 11.8 Å². The van der Waals surface area contributed by atoms with Gasteiger partial charge in [-0.2, -0.15) is 0 Å². The number of carbonyl (C=O) groups is 2. The summed E-state index contributed by atoms with van der Waals surface area (Å²) in [4.78, 5) is 28.6. The Labute approximate surface area is 223 Å². The summed E-state index contributed by atoms with van der Waals surface area (Å²) >= 11 is 1.50.